The van der Waals surface area contributed by atoms with E-state index in [1.165, 1.54) is 22.7 Å². The highest BCUT2D eigenvalue weighted by Gasteiger charge is 2.26. The van der Waals surface area contributed by atoms with Crippen molar-refractivity contribution in [3.63, 3.8) is 0 Å². The van der Waals surface area contributed by atoms with Gasteiger partial charge in [0.15, 0.2) is 5.13 Å². The molecule has 0 saturated heterocycles. The Kier molecular flexibility index (Phi) is 6.82. The quantitative estimate of drug-likeness (QED) is 0.186. The Morgan fingerprint density at radius 3 is 2.78 bits per heavy atom. The number of fused-ring (bicyclic) bond motifs is 1. The number of halogens is 3. The van der Waals surface area contributed by atoms with E-state index in [9.17, 15) is 18.0 Å². The van der Waals surface area contributed by atoms with Crippen LogP contribution in [0, 0.1) is 0 Å². The van der Waals surface area contributed by atoms with Gasteiger partial charge in [0.05, 0.1) is 39.7 Å². The number of imidazole rings is 1. The van der Waals surface area contributed by atoms with E-state index in [0.29, 0.717) is 38.3 Å². The molecule has 0 fully saturated rings. The molecule has 4 aromatic heterocycles. The molecule has 1 aromatic carbocycles. The zero-order valence-corrected chi connectivity index (χ0v) is 20.7. The highest BCUT2D eigenvalue weighted by molar-refractivity contribution is 7.19. The van der Waals surface area contributed by atoms with Gasteiger partial charge in [-0.3, -0.25) is 9.20 Å². The SMILES string of the molecule is Nc1ccccc1NC(=O)c1ccc(Nc2nc(-c3cnc4cc(CNCC(F)(F)F)ccn34)cs2)s1. The molecule has 0 aliphatic heterocycles. The van der Waals surface area contributed by atoms with E-state index in [1.807, 2.05) is 9.78 Å². The van der Waals surface area contributed by atoms with Crippen LogP contribution in [0.3, 0.4) is 0 Å². The number of aromatic nitrogens is 3. The highest BCUT2D eigenvalue weighted by Crippen LogP contribution is 2.31. The molecule has 0 radical (unpaired) electrons. The van der Waals surface area contributed by atoms with E-state index < -0.39 is 12.7 Å². The number of hydrogen-bond acceptors (Lipinski definition) is 8. The third-order valence-corrected chi connectivity index (χ3v) is 7.02. The maximum absolute atomic E-state index is 12.6. The molecular formula is C24H20F3N7OS2. The van der Waals surface area contributed by atoms with Gasteiger partial charge < -0.3 is 21.7 Å². The van der Waals surface area contributed by atoms with Gasteiger partial charge in [0.25, 0.3) is 5.91 Å². The minimum absolute atomic E-state index is 0.0858. The van der Waals surface area contributed by atoms with E-state index >= 15 is 0 Å². The van der Waals surface area contributed by atoms with Gasteiger partial charge in [-0.2, -0.15) is 13.2 Å². The molecule has 190 valence electrons. The second-order valence-corrected chi connectivity index (χ2v) is 9.94. The number of nitrogens with one attached hydrogen (secondary N) is 3. The molecule has 0 bridgehead atoms. The molecule has 0 saturated carbocycles. The van der Waals surface area contributed by atoms with Crippen LogP contribution < -0.4 is 21.7 Å². The number of pyridine rings is 1. The summed E-state index contributed by atoms with van der Waals surface area (Å²) in [6.07, 6.45) is -0.822. The number of thiophene rings is 1. The average Bonchev–Trinajstić information content (AvgIpc) is 3.59. The second kappa shape index (κ2) is 10.2. The summed E-state index contributed by atoms with van der Waals surface area (Å²) in [5.74, 6) is -0.255. The zero-order valence-electron chi connectivity index (χ0n) is 19.0. The standard InChI is InChI=1S/C24H20F3N7OS2/c25-24(26,27)13-29-10-14-7-8-34-18(11-30-20(34)9-14)17-12-36-23(32-17)33-21-6-5-19(37-21)22(35)31-16-4-2-1-3-15(16)28/h1-9,11-12,29H,10,13,28H2,(H,31,35)(H,32,33). The van der Waals surface area contributed by atoms with Gasteiger partial charge in [-0.1, -0.05) is 12.1 Å². The van der Waals surface area contributed by atoms with Crippen molar-refractivity contribution in [3.05, 3.63) is 76.7 Å². The van der Waals surface area contributed by atoms with Crippen molar-refractivity contribution in [1.29, 1.82) is 0 Å². The lowest BCUT2D eigenvalue weighted by atomic mass is 10.2. The number of hydrogen-bond donors (Lipinski definition) is 4. The summed E-state index contributed by atoms with van der Waals surface area (Å²) in [5, 5.41) is 11.7. The molecule has 0 aliphatic rings. The van der Waals surface area contributed by atoms with Gasteiger partial charge >= 0.3 is 6.18 Å². The fourth-order valence-corrected chi connectivity index (χ4v) is 5.13. The van der Waals surface area contributed by atoms with Crippen molar-refractivity contribution in [2.24, 2.45) is 0 Å². The molecule has 1 amide bonds. The third kappa shape index (κ3) is 5.90. The number of rotatable bonds is 8. The summed E-state index contributed by atoms with van der Waals surface area (Å²) in [6.45, 7) is -0.965. The number of benzene rings is 1. The van der Waals surface area contributed by atoms with Crippen LogP contribution in [0.5, 0.6) is 0 Å². The Balaban J connectivity index is 1.25. The van der Waals surface area contributed by atoms with Gasteiger partial charge in [0.1, 0.15) is 11.3 Å². The largest absolute Gasteiger partial charge is 0.401 e. The van der Waals surface area contributed by atoms with Crippen LogP contribution in [0.4, 0.5) is 34.7 Å². The highest BCUT2D eigenvalue weighted by atomic mass is 32.1. The van der Waals surface area contributed by atoms with Crippen molar-refractivity contribution in [2.45, 2.75) is 12.7 Å². The molecule has 37 heavy (non-hydrogen) atoms. The van der Waals surface area contributed by atoms with Crippen molar-refractivity contribution in [3.8, 4) is 11.4 Å². The number of carbonyl (C=O) groups is 1. The summed E-state index contributed by atoms with van der Waals surface area (Å²) in [5.41, 5.74) is 9.68. The molecule has 5 rings (SSSR count). The topological polar surface area (TPSA) is 109 Å². The number of nitrogens with two attached hydrogens (primary N) is 1. The average molecular weight is 544 g/mol. The third-order valence-electron chi connectivity index (χ3n) is 5.27. The minimum atomic E-state index is -4.26. The normalized spacial score (nSPS) is 11.6. The van der Waals surface area contributed by atoms with Crippen LogP contribution in [-0.2, 0) is 6.54 Å². The summed E-state index contributed by atoms with van der Waals surface area (Å²) >= 11 is 2.69. The van der Waals surface area contributed by atoms with Crippen LogP contribution in [-0.4, -0.2) is 33.0 Å². The fourth-order valence-electron chi connectivity index (χ4n) is 3.55. The number of thiazole rings is 1. The zero-order chi connectivity index (χ0) is 26.0. The second-order valence-electron chi connectivity index (χ2n) is 7.99. The number of nitrogens with zero attached hydrogens (tertiary/aromatic N) is 3. The Morgan fingerprint density at radius 2 is 1.97 bits per heavy atom. The van der Waals surface area contributed by atoms with Gasteiger partial charge in [-0.15, -0.1) is 22.7 Å². The molecule has 0 unspecified atom stereocenters. The van der Waals surface area contributed by atoms with Gasteiger partial charge in [0, 0.05) is 18.1 Å². The smallest absolute Gasteiger partial charge is 0.397 e. The predicted octanol–water partition coefficient (Wildman–Crippen LogP) is 5.75. The first-order valence-electron chi connectivity index (χ1n) is 11.0. The van der Waals surface area contributed by atoms with E-state index in [4.69, 9.17) is 5.73 Å². The van der Waals surface area contributed by atoms with Gasteiger partial charge in [0.2, 0.25) is 0 Å². The summed E-state index contributed by atoms with van der Waals surface area (Å²) in [6, 6.07) is 14.1. The maximum atomic E-state index is 12.6. The van der Waals surface area contributed by atoms with E-state index in [-0.39, 0.29) is 12.5 Å². The first-order valence-corrected chi connectivity index (χ1v) is 12.7. The Bertz CT molecular complexity index is 1560. The van der Waals surface area contributed by atoms with Crippen molar-refractivity contribution in [2.75, 3.05) is 22.9 Å². The first-order chi connectivity index (χ1) is 17.7. The molecule has 5 aromatic rings. The van der Waals surface area contributed by atoms with Crippen LogP contribution in [0.15, 0.2) is 66.3 Å². The Hall–Kier alpha value is -3.94. The van der Waals surface area contributed by atoms with Crippen LogP contribution >= 0.6 is 22.7 Å². The first kappa shape index (κ1) is 24.7. The number of para-hydroxylation sites is 2. The van der Waals surface area contributed by atoms with Crippen molar-refractivity contribution >= 4 is 55.7 Å². The molecule has 8 nitrogen and oxygen atoms in total. The number of amides is 1. The molecule has 13 heteroatoms. The number of alkyl halides is 3. The monoisotopic (exact) mass is 543 g/mol. The number of nitrogen functional groups attached to an aromatic ring is 1. The van der Waals surface area contributed by atoms with Gasteiger partial charge in [-0.05, 0) is 42.0 Å². The maximum Gasteiger partial charge on any atom is 0.401 e. The van der Waals surface area contributed by atoms with Crippen molar-refractivity contribution in [1.82, 2.24) is 19.7 Å². The Morgan fingerprint density at radius 1 is 1.14 bits per heavy atom. The summed E-state index contributed by atoms with van der Waals surface area (Å²) in [4.78, 5) is 22.1. The Labute approximate surface area is 217 Å². The number of carbonyl (C=O) groups excluding carboxylic acids is 1. The van der Waals surface area contributed by atoms with Gasteiger partial charge in [-0.25, -0.2) is 9.97 Å². The lowest BCUT2D eigenvalue weighted by Gasteiger charge is -2.08. The molecule has 0 aliphatic carbocycles. The molecule has 0 spiro atoms. The van der Waals surface area contributed by atoms with Crippen LogP contribution in [0.1, 0.15) is 15.2 Å². The summed E-state index contributed by atoms with van der Waals surface area (Å²) in [7, 11) is 0. The predicted molar refractivity (Wildman–Crippen MR) is 140 cm³/mol. The molecule has 4 heterocycles. The number of anilines is 4. The fraction of sp³-hybridized carbons (Fsp3) is 0.125. The van der Waals surface area contributed by atoms with E-state index in [0.717, 1.165) is 10.7 Å². The molecule has 0 atom stereocenters. The van der Waals surface area contributed by atoms with Crippen LogP contribution in [0.25, 0.3) is 17.0 Å². The lowest BCUT2D eigenvalue weighted by Crippen LogP contribution is -2.28. The van der Waals surface area contributed by atoms with Crippen LogP contribution in [0.2, 0.25) is 0 Å². The van der Waals surface area contributed by atoms with E-state index in [2.05, 4.69) is 25.9 Å². The van der Waals surface area contributed by atoms with Crippen molar-refractivity contribution < 1.29 is 18.0 Å². The molecule has 5 N–H and O–H groups in total. The minimum Gasteiger partial charge on any atom is -0.397 e. The molecular weight excluding hydrogens is 523 g/mol. The lowest BCUT2D eigenvalue weighted by molar-refractivity contribution is -0.125. The summed E-state index contributed by atoms with van der Waals surface area (Å²) < 4.78 is 38.9. The van der Waals surface area contributed by atoms with E-state index in [1.54, 1.807) is 60.9 Å².